The molecule has 28 nitrogen and oxygen atoms in total. The Bertz CT molecular complexity index is 1470. The van der Waals surface area contributed by atoms with Crippen LogP contribution in [0.1, 0.15) is 71.6 Å². The minimum Gasteiger partial charge on any atom is -0.693 e. The van der Waals surface area contributed by atoms with E-state index in [9.17, 15) is 47.9 Å². The zero-order valence-electron chi connectivity index (χ0n) is 33.8. The van der Waals surface area contributed by atoms with E-state index in [1.54, 1.807) is 0 Å². The van der Waals surface area contributed by atoms with Crippen molar-refractivity contribution >= 4 is 71.6 Å². The Kier molecular flexibility index (Phi) is 45.1. The monoisotopic (exact) mass is 1270 g/mol. The summed E-state index contributed by atoms with van der Waals surface area (Å²) in [6.07, 6.45) is 7.31. The average Bonchev–Trinajstić information content (AvgIpc) is 3.51. The summed E-state index contributed by atoms with van der Waals surface area (Å²) in [5.74, 6) is -7.83. The number of carbonyl (C=O) groups excluding carboxylic acids is 4. The summed E-state index contributed by atoms with van der Waals surface area (Å²) in [4.78, 5) is 126. The van der Waals surface area contributed by atoms with Gasteiger partial charge in [0, 0.05) is 64.3 Å². The molecule has 0 spiro atoms. The van der Waals surface area contributed by atoms with Gasteiger partial charge in [-0.3, -0.25) is 57.7 Å². The van der Waals surface area contributed by atoms with Gasteiger partial charge in [0.2, 0.25) is 0 Å². The maximum absolute atomic E-state index is 11.1. The zero-order chi connectivity index (χ0) is 44.5. The van der Waals surface area contributed by atoms with Gasteiger partial charge in [-0.25, -0.2) is 9.59 Å². The van der Waals surface area contributed by atoms with Crippen molar-refractivity contribution in [3.63, 3.8) is 0 Å². The summed E-state index contributed by atoms with van der Waals surface area (Å²) in [5, 5.41) is 69.5. The molecule has 2 aliphatic heterocycles. The van der Waals surface area contributed by atoms with Crippen molar-refractivity contribution in [2.75, 3.05) is 26.2 Å². The molecule has 2 heterocycles. The van der Waals surface area contributed by atoms with Gasteiger partial charge in [0.15, 0.2) is 10.8 Å². The van der Waals surface area contributed by atoms with Gasteiger partial charge in [-0.15, -0.1) is 0 Å². The predicted molar refractivity (Wildman–Crippen MR) is 208 cm³/mol. The summed E-state index contributed by atoms with van der Waals surface area (Å²) in [7, 11) is 0. The SMILES string of the molecule is CC(=O)O.CC(=O)O.O=C(O)C1(C(=O)O)CCC1.O=C(O)C1(C(=O)O)CCC1.O=C(O)NCCCCCN1C(=O)C=CC1=O.O=C(O)NCCN1C(=O)C=CC1=O.[NH2-].[NH2-].[NH2-].[NH2-].[Pt+2].[Pt+2]. The molecule has 2 fully saturated rings. The van der Waals surface area contributed by atoms with Crippen molar-refractivity contribution < 1.29 is 141 Å². The number of carbonyl (C=O) groups is 12. The number of rotatable bonds is 13. The van der Waals surface area contributed by atoms with Crippen LogP contribution in [-0.4, -0.2) is 148 Å². The quantitative estimate of drug-likeness (QED) is 0.0719. The van der Waals surface area contributed by atoms with Crippen LogP contribution in [-0.2, 0) is 90.1 Å². The van der Waals surface area contributed by atoms with Gasteiger partial charge in [-0.1, -0.05) is 0 Å². The fourth-order valence-corrected chi connectivity index (χ4v) is 4.44. The molecule has 0 bridgehead atoms. The van der Waals surface area contributed by atoms with Crippen molar-refractivity contribution in [3.05, 3.63) is 48.9 Å². The summed E-state index contributed by atoms with van der Waals surface area (Å²) in [5.41, 5.74) is -2.89. The van der Waals surface area contributed by atoms with E-state index in [1.165, 1.54) is 17.1 Å². The molecular weight excluding hydrogens is 1220 g/mol. The number of nitrogens with two attached hydrogens (primary N) is 4. The second-order valence-electron chi connectivity index (χ2n) is 12.0. The molecule has 0 saturated heterocycles. The molecule has 0 radical (unpaired) electrons. The molecular formula is C33H54N8O20Pt2. The van der Waals surface area contributed by atoms with Crippen LogP contribution in [0.5, 0.6) is 0 Å². The van der Waals surface area contributed by atoms with Crippen LogP contribution in [0.3, 0.4) is 0 Å². The van der Waals surface area contributed by atoms with Crippen molar-refractivity contribution in [1.29, 1.82) is 0 Å². The molecule has 18 N–H and O–H groups in total. The molecule has 4 aliphatic rings. The number of hydrogen-bond acceptors (Lipinski definition) is 12. The van der Waals surface area contributed by atoms with Crippen LogP contribution >= 0.6 is 0 Å². The first-order valence-corrected chi connectivity index (χ1v) is 16.7. The molecule has 6 amide bonds. The molecule has 30 heteroatoms. The molecule has 0 aromatic carbocycles. The van der Waals surface area contributed by atoms with E-state index in [4.69, 9.17) is 50.4 Å². The minimum absolute atomic E-state index is 0. The summed E-state index contributed by atoms with van der Waals surface area (Å²) < 4.78 is 0. The van der Waals surface area contributed by atoms with Crippen LogP contribution in [0.15, 0.2) is 24.3 Å². The minimum atomic E-state index is -1.44. The maximum Gasteiger partial charge on any atom is 2.00 e. The van der Waals surface area contributed by atoms with E-state index in [-0.39, 0.29) is 117 Å². The number of aliphatic carboxylic acids is 6. The van der Waals surface area contributed by atoms with Gasteiger partial charge >= 0.3 is 78.2 Å². The Morgan fingerprint density at radius 2 is 0.730 bits per heavy atom. The zero-order valence-corrected chi connectivity index (χ0v) is 38.4. The van der Waals surface area contributed by atoms with E-state index in [0.717, 1.165) is 37.3 Å². The number of hydrogen-bond donors (Lipinski definition) is 10. The first-order valence-electron chi connectivity index (χ1n) is 16.7. The number of amides is 6. The van der Waals surface area contributed by atoms with Gasteiger partial charge < -0.3 is 76.1 Å². The Balaban J connectivity index is -0.0000000990. The summed E-state index contributed by atoms with van der Waals surface area (Å²) in [6, 6.07) is 0. The van der Waals surface area contributed by atoms with Crippen LogP contribution in [0, 0.1) is 10.8 Å². The van der Waals surface area contributed by atoms with Crippen LogP contribution in [0.25, 0.3) is 24.6 Å². The number of nitrogens with zero attached hydrogens (tertiary/aromatic N) is 2. The molecule has 2 aliphatic carbocycles. The van der Waals surface area contributed by atoms with E-state index in [1.807, 2.05) is 0 Å². The number of unbranched alkanes of at least 4 members (excludes halogenated alkanes) is 2. The van der Waals surface area contributed by atoms with Crippen molar-refractivity contribution in [2.24, 2.45) is 10.8 Å². The van der Waals surface area contributed by atoms with Gasteiger partial charge in [-0.05, 0) is 57.8 Å². The number of carboxylic acids is 6. The van der Waals surface area contributed by atoms with Crippen LogP contribution in [0.2, 0.25) is 0 Å². The van der Waals surface area contributed by atoms with Gasteiger partial charge in [-0.2, -0.15) is 0 Å². The first-order chi connectivity index (χ1) is 26.4. The summed E-state index contributed by atoms with van der Waals surface area (Å²) in [6.45, 7) is 3.08. The molecule has 0 atom stereocenters. The Morgan fingerprint density at radius 1 is 0.476 bits per heavy atom. The Morgan fingerprint density at radius 3 is 0.937 bits per heavy atom. The van der Waals surface area contributed by atoms with E-state index in [2.05, 4.69) is 10.6 Å². The molecule has 4 rings (SSSR count). The third-order valence-corrected chi connectivity index (χ3v) is 7.80. The molecule has 0 aromatic rings. The van der Waals surface area contributed by atoms with Crippen LogP contribution < -0.4 is 10.6 Å². The molecule has 366 valence electrons. The maximum atomic E-state index is 11.1. The van der Waals surface area contributed by atoms with E-state index < -0.39 is 70.6 Å². The Labute approximate surface area is 388 Å². The Hall–Kier alpha value is -5.66. The fourth-order valence-electron chi connectivity index (χ4n) is 4.44. The summed E-state index contributed by atoms with van der Waals surface area (Å²) >= 11 is 0. The standard InChI is InChI=1S/C10H14N2O4.C7H8N2O4.2C6H8O4.2C2H4O2.4H2N.2Pt/c13-8-4-5-9(14)12(8)7-3-1-2-6-11-10(15)16;10-5-1-2-6(11)9(5)4-3-8-7(12)13;2*7-4(8)6(5(9)10)2-1-3-6;2*1-2(3)4;;;;;;/h4-5,11H,1-3,6-7H2,(H,15,16);1-2,8H,3-4H2,(H,12,13);2*1-3H2,(H,7,8)(H,9,10);2*1H3,(H,3,4);4*1H2;;/q;;;;;;4*-1;2*+2. The fraction of sp³-hybridized carbons (Fsp3) is 0.515. The predicted octanol–water partition coefficient (Wildman–Crippen LogP) is 3.23. The molecule has 0 unspecified atom stereocenters. The first kappa shape index (κ1) is 74.8. The molecule has 2 saturated carbocycles. The van der Waals surface area contributed by atoms with Crippen molar-refractivity contribution in [1.82, 2.24) is 20.4 Å². The number of carboxylic acid groups (broad SMARTS) is 8. The number of imide groups is 2. The van der Waals surface area contributed by atoms with Gasteiger partial charge in [0.25, 0.3) is 35.6 Å². The largest absolute Gasteiger partial charge is 2.00 e. The average molecular weight is 1270 g/mol. The van der Waals surface area contributed by atoms with E-state index in [0.29, 0.717) is 38.8 Å². The third-order valence-electron chi connectivity index (χ3n) is 7.80. The second kappa shape index (κ2) is 38.0. The van der Waals surface area contributed by atoms with Gasteiger partial charge in [0.1, 0.15) is 0 Å². The molecule has 0 aromatic heterocycles. The number of nitrogens with one attached hydrogen (secondary N) is 2. The third kappa shape index (κ3) is 29.3. The smallest absolute Gasteiger partial charge is 0.693 e. The van der Waals surface area contributed by atoms with E-state index >= 15 is 0 Å². The topological polar surface area (TPSA) is 531 Å². The van der Waals surface area contributed by atoms with Crippen LogP contribution in [0.4, 0.5) is 9.59 Å². The second-order valence-corrected chi connectivity index (χ2v) is 12.0. The van der Waals surface area contributed by atoms with Crippen molar-refractivity contribution in [2.45, 2.75) is 71.6 Å². The van der Waals surface area contributed by atoms with Gasteiger partial charge in [0.05, 0.1) is 0 Å². The van der Waals surface area contributed by atoms with Crippen molar-refractivity contribution in [3.8, 4) is 0 Å². The normalized spacial score (nSPS) is 14.4. The molecule has 63 heavy (non-hydrogen) atoms.